The first-order chi connectivity index (χ1) is 5.65. The molecule has 0 saturated heterocycles. The minimum absolute atomic E-state index is 0.0354. The highest BCUT2D eigenvalue weighted by atomic mass is 79.9. The van der Waals surface area contributed by atoms with Crippen molar-refractivity contribution in [2.45, 2.75) is 6.43 Å². The molecule has 1 aromatic carbocycles. The summed E-state index contributed by atoms with van der Waals surface area (Å²) in [7, 11) is 0. The summed E-state index contributed by atoms with van der Waals surface area (Å²) in [4.78, 5) is 10.3. The molecule has 0 atom stereocenters. The first kappa shape index (κ1) is 9.32. The van der Waals surface area contributed by atoms with Gasteiger partial charge in [0.25, 0.3) is 6.43 Å². The molecule has 0 bridgehead atoms. The minimum Gasteiger partial charge on any atom is -0.298 e. The van der Waals surface area contributed by atoms with Crippen LogP contribution in [0.2, 0.25) is 0 Å². The number of carbonyl (C=O) groups excluding carboxylic acids is 1. The molecule has 0 aliphatic carbocycles. The highest BCUT2D eigenvalue weighted by molar-refractivity contribution is 9.10. The fourth-order valence-electron chi connectivity index (χ4n) is 0.842. The Hall–Kier alpha value is -0.770. The molecule has 4 heteroatoms. The number of carbonyl (C=O) groups is 1. The highest BCUT2D eigenvalue weighted by Gasteiger charge is 2.12. The van der Waals surface area contributed by atoms with Crippen LogP contribution in [0.15, 0.2) is 22.7 Å². The summed E-state index contributed by atoms with van der Waals surface area (Å²) in [5.74, 6) is 0. The van der Waals surface area contributed by atoms with E-state index >= 15 is 0 Å². The summed E-state index contributed by atoms with van der Waals surface area (Å²) in [6.45, 7) is 0. The van der Waals surface area contributed by atoms with Gasteiger partial charge in [0.05, 0.1) is 0 Å². The van der Waals surface area contributed by atoms with Crippen LogP contribution in [0, 0.1) is 0 Å². The van der Waals surface area contributed by atoms with Gasteiger partial charge in [-0.25, -0.2) is 8.78 Å². The van der Waals surface area contributed by atoms with Gasteiger partial charge in [-0.3, -0.25) is 4.79 Å². The normalized spacial score (nSPS) is 10.3. The fraction of sp³-hybridized carbons (Fsp3) is 0.125. The number of benzene rings is 1. The van der Waals surface area contributed by atoms with E-state index < -0.39 is 6.43 Å². The third kappa shape index (κ3) is 1.88. The third-order valence-corrected chi connectivity index (χ3v) is 1.90. The summed E-state index contributed by atoms with van der Waals surface area (Å²) in [5, 5.41) is 0. The molecule has 0 spiro atoms. The van der Waals surface area contributed by atoms with E-state index in [0.717, 1.165) is 0 Å². The summed E-state index contributed by atoms with van der Waals surface area (Å²) in [5.41, 5.74) is -0.201. The van der Waals surface area contributed by atoms with Gasteiger partial charge in [-0.1, -0.05) is 22.0 Å². The Bertz CT molecular complexity index is 299. The average Bonchev–Trinajstić information content (AvgIpc) is 2.04. The lowest BCUT2D eigenvalue weighted by Gasteiger charge is -2.02. The molecule has 1 aromatic rings. The maximum Gasteiger partial charge on any atom is 0.264 e. The first-order valence-corrected chi connectivity index (χ1v) is 3.97. The first-order valence-electron chi connectivity index (χ1n) is 3.18. The van der Waals surface area contributed by atoms with E-state index in [0.29, 0.717) is 10.8 Å². The Morgan fingerprint density at radius 3 is 2.58 bits per heavy atom. The van der Waals surface area contributed by atoms with E-state index in [1.165, 1.54) is 12.1 Å². The molecule has 0 aliphatic heterocycles. The molecule has 0 heterocycles. The van der Waals surface area contributed by atoms with Gasteiger partial charge in [0, 0.05) is 15.6 Å². The molecule has 0 saturated carbocycles. The molecular weight excluding hydrogens is 230 g/mol. The number of aldehydes is 1. The topological polar surface area (TPSA) is 17.1 Å². The Balaban J connectivity index is 3.21. The second-order valence-electron chi connectivity index (χ2n) is 2.19. The van der Waals surface area contributed by atoms with Crippen LogP contribution in [0.3, 0.4) is 0 Å². The number of hydrogen-bond acceptors (Lipinski definition) is 1. The maximum atomic E-state index is 12.2. The molecule has 0 fully saturated rings. The van der Waals surface area contributed by atoms with Crippen molar-refractivity contribution in [2.75, 3.05) is 0 Å². The summed E-state index contributed by atoms with van der Waals surface area (Å²) in [6.07, 6.45) is -2.18. The molecule has 12 heavy (non-hydrogen) atoms. The van der Waals surface area contributed by atoms with Gasteiger partial charge in [0.1, 0.15) is 0 Å². The SMILES string of the molecule is O=Cc1ccc(Br)cc1C(F)F. The van der Waals surface area contributed by atoms with E-state index in [2.05, 4.69) is 15.9 Å². The summed E-state index contributed by atoms with van der Waals surface area (Å²) < 4.78 is 25.0. The van der Waals surface area contributed by atoms with Gasteiger partial charge in [-0.15, -0.1) is 0 Å². The van der Waals surface area contributed by atoms with Crippen LogP contribution in [-0.4, -0.2) is 6.29 Å². The lowest BCUT2D eigenvalue weighted by molar-refractivity contribution is 0.110. The van der Waals surface area contributed by atoms with E-state index in [-0.39, 0.29) is 11.1 Å². The average molecular weight is 235 g/mol. The zero-order valence-corrected chi connectivity index (χ0v) is 7.51. The zero-order valence-electron chi connectivity index (χ0n) is 5.93. The van der Waals surface area contributed by atoms with Gasteiger partial charge in [0.15, 0.2) is 6.29 Å². The number of alkyl halides is 2. The zero-order chi connectivity index (χ0) is 9.14. The molecule has 0 amide bonds. The predicted octanol–water partition coefficient (Wildman–Crippen LogP) is 3.20. The van der Waals surface area contributed by atoms with E-state index in [1.54, 1.807) is 6.07 Å². The quantitative estimate of drug-likeness (QED) is 0.719. The van der Waals surface area contributed by atoms with Gasteiger partial charge < -0.3 is 0 Å². The van der Waals surface area contributed by atoms with Crippen molar-refractivity contribution in [3.63, 3.8) is 0 Å². The lowest BCUT2D eigenvalue weighted by atomic mass is 10.1. The number of hydrogen-bond donors (Lipinski definition) is 0. The minimum atomic E-state index is -2.61. The molecule has 1 rings (SSSR count). The van der Waals surface area contributed by atoms with Crippen LogP contribution in [0.5, 0.6) is 0 Å². The second-order valence-corrected chi connectivity index (χ2v) is 3.11. The molecule has 1 nitrogen and oxygen atoms in total. The number of halogens is 3. The van der Waals surface area contributed by atoms with Gasteiger partial charge in [-0.05, 0) is 12.1 Å². The predicted molar refractivity (Wildman–Crippen MR) is 44.5 cm³/mol. The Morgan fingerprint density at radius 1 is 1.42 bits per heavy atom. The number of rotatable bonds is 2. The van der Waals surface area contributed by atoms with Crippen LogP contribution in [-0.2, 0) is 0 Å². The highest BCUT2D eigenvalue weighted by Crippen LogP contribution is 2.25. The van der Waals surface area contributed by atoms with Crippen LogP contribution in [0.25, 0.3) is 0 Å². The summed E-state index contributed by atoms with van der Waals surface area (Å²) in [6, 6.07) is 4.16. The van der Waals surface area contributed by atoms with Crippen molar-refractivity contribution in [1.82, 2.24) is 0 Å². The van der Waals surface area contributed by atoms with Crippen LogP contribution in [0.4, 0.5) is 8.78 Å². The van der Waals surface area contributed by atoms with Crippen molar-refractivity contribution < 1.29 is 13.6 Å². The smallest absolute Gasteiger partial charge is 0.264 e. The summed E-state index contributed by atoms with van der Waals surface area (Å²) >= 11 is 3.04. The van der Waals surface area contributed by atoms with E-state index in [1.807, 2.05) is 0 Å². The van der Waals surface area contributed by atoms with Crippen LogP contribution >= 0.6 is 15.9 Å². The van der Waals surface area contributed by atoms with Crippen molar-refractivity contribution in [3.8, 4) is 0 Å². The van der Waals surface area contributed by atoms with Crippen molar-refractivity contribution >= 4 is 22.2 Å². The second kappa shape index (κ2) is 3.76. The van der Waals surface area contributed by atoms with Crippen molar-refractivity contribution in [2.24, 2.45) is 0 Å². The lowest BCUT2D eigenvalue weighted by Crippen LogP contribution is -1.92. The Kier molecular flexibility index (Phi) is 2.92. The van der Waals surface area contributed by atoms with Gasteiger partial charge >= 0.3 is 0 Å². The standard InChI is InChI=1S/C8H5BrF2O/c9-6-2-1-5(4-12)7(3-6)8(10)11/h1-4,8H. The van der Waals surface area contributed by atoms with Crippen LogP contribution < -0.4 is 0 Å². The van der Waals surface area contributed by atoms with Crippen LogP contribution in [0.1, 0.15) is 22.3 Å². The largest absolute Gasteiger partial charge is 0.298 e. The fourth-order valence-corrected chi connectivity index (χ4v) is 1.22. The molecular formula is C8H5BrF2O. The monoisotopic (exact) mass is 234 g/mol. The maximum absolute atomic E-state index is 12.2. The molecule has 0 aliphatic rings. The molecule has 64 valence electrons. The van der Waals surface area contributed by atoms with E-state index in [4.69, 9.17) is 0 Å². The molecule has 0 radical (unpaired) electrons. The molecule has 0 aromatic heterocycles. The Labute approximate surface area is 76.5 Å². The third-order valence-electron chi connectivity index (χ3n) is 1.41. The van der Waals surface area contributed by atoms with E-state index in [9.17, 15) is 13.6 Å². The molecule has 0 unspecified atom stereocenters. The Morgan fingerprint density at radius 2 is 2.08 bits per heavy atom. The van der Waals surface area contributed by atoms with Crippen molar-refractivity contribution in [3.05, 3.63) is 33.8 Å². The van der Waals surface area contributed by atoms with Crippen molar-refractivity contribution in [1.29, 1.82) is 0 Å². The van der Waals surface area contributed by atoms with Gasteiger partial charge in [0.2, 0.25) is 0 Å². The molecule has 0 N–H and O–H groups in total. The van der Waals surface area contributed by atoms with Gasteiger partial charge in [-0.2, -0.15) is 0 Å².